The first-order chi connectivity index (χ1) is 12.0. The third-order valence-corrected chi connectivity index (χ3v) is 4.06. The van der Waals surface area contributed by atoms with Crippen molar-refractivity contribution < 1.29 is 13.2 Å². The lowest BCUT2D eigenvalue weighted by Crippen LogP contribution is -2.28. The second-order valence-corrected chi connectivity index (χ2v) is 6.63. The van der Waals surface area contributed by atoms with E-state index in [1.165, 1.54) is 6.08 Å². The summed E-state index contributed by atoms with van der Waals surface area (Å²) in [6.45, 7) is 3.87. The Morgan fingerprint density at radius 3 is 2.28 bits per heavy atom. The molecule has 2 rings (SSSR count). The number of carbonyl (C=O) groups is 1. The fourth-order valence-electron chi connectivity index (χ4n) is 1.89. The molecule has 130 valence electrons. The molecule has 0 aliphatic rings. The number of urea groups is 1. The van der Waals surface area contributed by atoms with Crippen LogP contribution in [0.4, 0.5) is 16.2 Å². The van der Waals surface area contributed by atoms with Gasteiger partial charge >= 0.3 is 6.03 Å². The number of carbonyl (C=O) groups excluding carboxylic acids is 1. The summed E-state index contributed by atoms with van der Waals surface area (Å²) in [7, 11) is -3.62. The van der Waals surface area contributed by atoms with Crippen LogP contribution in [-0.2, 0) is 10.0 Å². The molecule has 0 aromatic heterocycles. The van der Waals surface area contributed by atoms with E-state index in [4.69, 9.17) is 0 Å². The Balaban J connectivity index is 1.96. The molecule has 0 atom stereocenters. The van der Waals surface area contributed by atoms with Crippen molar-refractivity contribution in [1.29, 1.82) is 0 Å². The van der Waals surface area contributed by atoms with Gasteiger partial charge in [0.25, 0.3) is 10.0 Å². The average molecular weight is 357 g/mol. The highest BCUT2D eigenvalue weighted by Crippen LogP contribution is 2.15. The van der Waals surface area contributed by atoms with Crippen molar-refractivity contribution in [2.75, 3.05) is 16.6 Å². The Morgan fingerprint density at radius 1 is 1.00 bits per heavy atom. The third kappa shape index (κ3) is 6.52. The maximum absolute atomic E-state index is 12.1. The molecular weight excluding hydrogens is 338 g/mol. The van der Waals surface area contributed by atoms with Gasteiger partial charge in [0.2, 0.25) is 0 Å². The van der Waals surface area contributed by atoms with Gasteiger partial charge in [-0.2, -0.15) is 0 Å². The topological polar surface area (TPSA) is 87.3 Å². The first-order valence-electron chi connectivity index (χ1n) is 7.50. The van der Waals surface area contributed by atoms with Gasteiger partial charge in [0, 0.05) is 17.9 Å². The zero-order valence-electron chi connectivity index (χ0n) is 13.5. The van der Waals surface area contributed by atoms with Crippen molar-refractivity contribution in [3.05, 3.63) is 78.2 Å². The van der Waals surface area contributed by atoms with Crippen LogP contribution in [0.5, 0.6) is 0 Å². The van der Waals surface area contributed by atoms with Crippen LogP contribution in [0.3, 0.4) is 0 Å². The zero-order valence-corrected chi connectivity index (χ0v) is 14.3. The zero-order chi connectivity index (χ0) is 18.1. The van der Waals surface area contributed by atoms with Crippen molar-refractivity contribution in [2.24, 2.45) is 0 Å². The predicted octanol–water partition coefficient (Wildman–Crippen LogP) is 3.41. The van der Waals surface area contributed by atoms with Crippen molar-refractivity contribution in [1.82, 2.24) is 5.32 Å². The Hall–Kier alpha value is -3.06. The van der Waals surface area contributed by atoms with Crippen LogP contribution < -0.4 is 15.4 Å². The summed E-state index contributed by atoms with van der Waals surface area (Å²) in [6.07, 6.45) is 3.09. The van der Waals surface area contributed by atoms with E-state index in [0.29, 0.717) is 17.9 Å². The molecule has 25 heavy (non-hydrogen) atoms. The molecule has 2 aromatic carbocycles. The summed E-state index contributed by atoms with van der Waals surface area (Å²) < 4.78 is 26.6. The van der Waals surface area contributed by atoms with E-state index in [-0.39, 0.29) is 6.03 Å². The van der Waals surface area contributed by atoms with Gasteiger partial charge in [0.15, 0.2) is 0 Å². The van der Waals surface area contributed by atoms with E-state index in [9.17, 15) is 13.2 Å². The van der Waals surface area contributed by atoms with Crippen LogP contribution in [0.25, 0.3) is 6.08 Å². The first kappa shape index (κ1) is 18.3. The van der Waals surface area contributed by atoms with Crippen LogP contribution in [0.1, 0.15) is 5.56 Å². The second-order valence-electron chi connectivity index (χ2n) is 5.06. The quantitative estimate of drug-likeness (QED) is 0.664. The van der Waals surface area contributed by atoms with Gasteiger partial charge in [0.1, 0.15) is 0 Å². The van der Waals surface area contributed by atoms with Gasteiger partial charge in [-0.05, 0) is 35.9 Å². The Bertz CT molecular complexity index is 845. The van der Waals surface area contributed by atoms with E-state index in [1.807, 2.05) is 30.3 Å². The highest BCUT2D eigenvalue weighted by Gasteiger charge is 2.06. The molecule has 2 amide bonds. The second kappa shape index (κ2) is 8.70. The molecule has 0 aliphatic carbocycles. The monoisotopic (exact) mass is 357 g/mol. The van der Waals surface area contributed by atoms with Gasteiger partial charge in [-0.25, -0.2) is 13.2 Å². The van der Waals surface area contributed by atoms with E-state index < -0.39 is 10.0 Å². The number of nitrogens with one attached hydrogen (secondary N) is 3. The van der Waals surface area contributed by atoms with E-state index >= 15 is 0 Å². The maximum atomic E-state index is 12.1. The number of sulfonamides is 1. The summed E-state index contributed by atoms with van der Waals surface area (Å²) >= 11 is 0. The van der Waals surface area contributed by atoms with Gasteiger partial charge < -0.3 is 10.6 Å². The largest absolute Gasteiger partial charge is 0.334 e. The highest BCUT2D eigenvalue weighted by atomic mass is 32.2. The number of benzene rings is 2. The van der Waals surface area contributed by atoms with E-state index in [2.05, 4.69) is 21.9 Å². The van der Waals surface area contributed by atoms with Gasteiger partial charge in [0.05, 0.1) is 5.41 Å². The minimum Gasteiger partial charge on any atom is -0.334 e. The molecule has 2 aromatic rings. The number of hydrogen-bond donors (Lipinski definition) is 3. The van der Waals surface area contributed by atoms with E-state index in [1.54, 1.807) is 30.3 Å². The molecule has 7 heteroatoms. The highest BCUT2D eigenvalue weighted by molar-refractivity contribution is 7.95. The van der Waals surface area contributed by atoms with Crippen molar-refractivity contribution >= 4 is 33.5 Å². The molecule has 3 N–H and O–H groups in total. The van der Waals surface area contributed by atoms with Crippen LogP contribution in [0.2, 0.25) is 0 Å². The minimum atomic E-state index is -3.62. The summed E-state index contributed by atoms with van der Waals surface area (Å²) in [5.74, 6) is 0. The van der Waals surface area contributed by atoms with Crippen LogP contribution in [0, 0.1) is 0 Å². The normalized spacial score (nSPS) is 11.0. The fourth-order valence-corrected chi connectivity index (χ4v) is 2.76. The molecule has 0 aliphatic heterocycles. The van der Waals surface area contributed by atoms with Crippen molar-refractivity contribution in [2.45, 2.75) is 0 Å². The molecular formula is C18H19N3O3S. The number of rotatable bonds is 7. The molecule has 0 fully saturated rings. The minimum absolute atomic E-state index is 0.359. The van der Waals surface area contributed by atoms with Gasteiger partial charge in [-0.15, -0.1) is 6.58 Å². The molecule has 0 radical (unpaired) electrons. The average Bonchev–Trinajstić information content (AvgIpc) is 2.61. The first-order valence-corrected chi connectivity index (χ1v) is 9.05. The van der Waals surface area contributed by atoms with Crippen molar-refractivity contribution in [3.8, 4) is 0 Å². The van der Waals surface area contributed by atoms with Crippen LogP contribution in [0.15, 0.2) is 72.7 Å². The number of anilines is 2. The Morgan fingerprint density at radius 2 is 1.64 bits per heavy atom. The lowest BCUT2D eigenvalue weighted by atomic mass is 10.2. The summed E-state index contributed by atoms with van der Waals surface area (Å²) in [5.41, 5.74) is 1.73. The SMILES string of the molecule is C=CCNC(=O)Nc1ccc(NS(=O)(=O)/C=C/c2ccccc2)cc1. The van der Waals surface area contributed by atoms with Crippen LogP contribution in [-0.4, -0.2) is 21.0 Å². The number of hydrogen-bond acceptors (Lipinski definition) is 3. The van der Waals surface area contributed by atoms with Crippen LogP contribution >= 0.6 is 0 Å². The Kier molecular flexibility index (Phi) is 6.36. The van der Waals surface area contributed by atoms with Crippen molar-refractivity contribution in [3.63, 3.8) is 0 Å². The summed E-state index contributed by atoms with van der Waals surface area (Å²) in [5, 5.41) is 6.31. The molecule has 0 saturated heterocycles. The molecule has 6 nitrogen and oxygen atoms in total. The van der Waals surface area contributed by atoms with Gasteiger partial charge in [-0.1, -0.05) is 36.4 Å². The maximum Gasteiger partial charge on any atom is 0.319 e. The number of amides is 2. The lowest BCUT2D eigenvalue weighted by Gasteiger charge is -2.08. The molecule has 0 bridgehead atoms. The molecule has 0 unspecified atom stereocenters. The Labute approximate surface area is 147 Å². The molecule has 0 spiro atoms. The van der Waals surface area contributed by atoms with Gasteiger partial charge in [-0.3, -0.25) is 4.72 Å². The standard InChI is InChI=1S/C18H19N3O3S/c1-2-13-19-18(22)20-16-8-10-17(11-9-16)21-25(23,24)14-12-15-6-4-3-5-7-15/h2-12,14,21H,1,13H2,(H2,19,20,22)/b14-12+. The summed E-state index contributed by atoms with van der Waals surface area (Å²) in [4.78, 5) is 11.5. The smallest absolute Gasteiger partial charge is 0.319 e. The fraction of sp³-hybridized carbons (Fsp3) is 0.0556. The molecule has 0 heterocycles. The third-order valence-electron chi connectivity index (χ3n) is 3.05. The lowest BCUT2D eigenvalue weighted by molar-refractivity contribution is 0.253. The molecule has 0 saturated carbocycles. The summed E-state index contributed by atoms with van der Waals surface area (Å²) in [6, 6.07) is 15.1. The van der Waals surface area contributed by atoms with E-state index in [0.717, 1.165) is 11.0 Å². The predicted molar refractivity (Wildman–Crippen MR) is 102 cm³/mol.